The van der Waals surface area contributed by atoms with E-state index >= 15 is 0 Å². The molecule has 1 amide bonds. The van der Waals surface area contributed by atoms with Gasteiger partial charge in [-0.1, -0.05) is 65.8 Å². The molecule has 7 heteroatoms. The number of halogens is 2. The molecule has 0 atom stereocenters. The van der Waals surface area contributed by atoms with Crippen LogP contribution in [0.25, 0.3) is 4.91 Å². The van der Waals surface area contributed by atoms with Crippen LogP contribution in [-0.4, -0.2) is 62.0 Å². The molecule has 0 spiro atoms. The topological polar surface area (TPSA) is 26.8 Å². The average molecular weight is 464 g/mol. The Balaban J connectivity index is 0.00000256. The van der Waals surface area contributed by atoms with Gasteiger partial charge in [-0.2, -0.15) is 0 Å². The van der Waals surface area contributed by atoms with Gasteiger partial charge in [0.25, 0.3) is 5.91 Å². The van der Waals surface area contributed by atoms with Crippen LogP contribution in [0.15, 0.2) is 64.5 Å². The Morgan fingerprint density at radius 3 is 2.33 bits per heavy atom. The summed E-state index contributed by atoms with van der Waals surface area (Å²) in [7, 11) is 2.17. The molecule has 30 heavy (non-hydrogen) atoms. The number of carbonyl (C=O) groups excluding carboxylic acids is 1. The fourth-order valence-electron chi connectivity index (χ4n) is 3.77. The van der Waals surface area contributed by atoms with E-state index in [0.29, 0.717) is 11.6 Å². The average Bonchev–Trinajstić information content (AvgIpc) is 2.86. The molecule has 0 aliphatic carbocycles. The molecule has 2 aromatic carbocycles. The number of nitrogens with zero attached hydrogens (tertiary/aromatic N) is 3. The Bertz CT molecular complexity index is 898. The molecule has 0 radical (unpaired) electrons. The van der Waals surface area contributed by atoms with Crippen LogP contribution in [0.4, 0.5) is 5.69 Å². The first-order valence-electron chi connectivity index (χ1n) is 10.1. The highest BCUT2D eigenvalue weighted by Crippen LogP contribution is 2.45. The lowest BCUT2D eigenvalue weighted by atomic mass is 10.2. The number of rotatable bonds is 5. The lowest BCUT2D eigenvalue weighted by molar-refractivity contribution is -0.114. The highest BCUT2D eigenvalue weighted by atomic mass is 35.5. The molecule has 0 saturated carbocycles. The minimum absolute atomic E-state index is 0. The number of hydrogen-bond acceptors (Lipinski definition) is 4. The maximum absolute atomic E-state index is 13.3. The van der Waals surface area contributed by atoms with Crippen LogP contribution in [0, 0.1) is 0 Å². The Morgan fingerprint density at radius 1 is 0.933 bits per heavy atom. The summed E-state index contributed by atoms with van der Waals surface area (Å²) < 4.78 is 0. The second-order valence-electron chi connectivity index (χ2n) is 7.53. The van der Waals surface area contributed by atoms with Gasteiger partial charge in [-0.3, -0.25) is 4.79 Å². The molecule has 2 aliphatic heterocycles. The van der Waals surface area contributed by atoms with Gasteiger partial charge in [-0.25, -0.2) is 0 Å². The molecule has 160 valence electrons. The SMILES string of the molecule is CN1CCN(CCCN2C(=O)C(Cl)=C(c3ccccc3)Sc3ccccc32)CC1.Cl. The second kappa shape index (κ2) is 10.7. The molecule has 4 nitrogen and oxygen atoms in total. The van der Waals surface area contributed by atoms with Gasteiger partial charge >= 0.3 is 0 Å². The Labute approximate surface area is 194 Å². The first-order valence-corrected chi connectivity index (χ1v) is 11.3. The quantitative estimate of drug-likeness (QED) is 0.636. The van der Waals surface area contributed by atoms with Gasteiger partial charge in [-0.15, -0.1) is 12.4 Å². The summed E-state index contributed by atoms with van der Waals surface area (Å²) in [5.74, 6) is -0.110. The molecule has 0 bridgehead atoms. The maximum Gasteiger partial charge on any atom is 0.270 e. The molecular formula is C23H27Cl2N3OS. The maximum atomic E-state index is 13.3. The number of likely N-dealkylation sites (N-methyl/N-ethyl adjacent to an activating group) is 1. The Hall–Kier alpha value is -1.50. The summed E-state index contributed by atoms with van der Waals surface area (Å²) in [6.45, 7) is 6.07. The molecule has 4 rings (SSSR count). The van der Waals surface area contributed by atoms with Gasteiger partial charge in [0, 0.05) is 42.5 Å². The summed E-state index contributed by atoms with van der Waals surface area (Å²) in [6, 6.07) is 18.0. The van der Waals surface area contributed by atoms with Crippen molar-refractivity contribution in [1.29, 1.82) is 0 Å². The third-order valence-corrected chi connectivity index (χ3v) is 7.16. The van der Waals surface area contributed by atoms with Crippen LogP contribution in [-0.2, 0) is 4.79 Å². The second-order valence-corrected chi connectivity index (χ2v) is 8.96. The Kier molecular flexibility index (Phi) is 8.26. The van der Waals surface area contributed by atoms with E-state index in [-0.39, 0.29) is 18.3 Å². The molecular weight excluding hydrogens is 437 g/mol. The molecule has 0 unspecified atom stereocenters. The van der Waals surface area contributed by atoms with Crippen molar-refractivity contribution in [1.82, 2.24) is 9.80 Å². The molecule has 2 aliphatic rings. The van der Waals surface area contributed by atoms with E-state index in [0.717, 1.165) is 60.2 Å². The number of thioether (sulfide) groups is 1. The van der Waals surface area contributed by atoms with Crippen molar-refractivity contribution in [2.45, 2.75) is 11.3 Å². The largest absolute Gasteiger partial charge is 0.306 e. The summed E-state index contributed by atoms with van der Waals surface area (Å²) in [5.41, 5.74) is 1.93. The van der Waals surface area contributed by atoms with Gasteiger partial charge in [-0.05, 0) is 37.7 Å². The number of benzene rings is 2. The van der Waals surface area contributed by atoms with Crippen molar-refractivity contribution >= 4 is 52.3 Å². The molecule has 0 N–H and O–H groups in total. The predicted molar refractivity (Wildman–Crippen MR) is 130 cm³/mol. The van der Waals surface area contributed by atoms with E-state index in [9.17, 15) is 4.79 Å². The number of amides is 1. The number of fused-ring (bicyclic) bond motifs is 1. The third kappa shape index (κ3) is 5.21. The Morgan fingerprint density at radius 2 is 1.60 bits per heavy atom. The molecule has 2 aromatic rings. The zero-order chi connectivity index (χ0) is 20.2. The van der Waals surface area contributed by atoms with E-state index in [1.165, 1.54) is 0 Å². The summed E-state index contributed by atoms with van der Waals surface area (Å²) in [5, 5.41) is 0.303. The highest BCUT2D eigenvalue weighted by Gasteiger charge is 2.29. The summed E-state index contributed by atoms with van der Waals surface area (Å²) >= 11 is 8.23. The van der Waals surface area contributed by atoms with Crippen molar-refractivity contribution in [2.24, 2.45) is 0 Å². The molecule has 1 saturated heterocycles. The lowest BCUT2D eigenvalue weighted by Gasteiger charge is -2.33. The first kappa shape index (κ1) is 23.2. The standard InChI is InChI=1S/C23H26ClN3OS.ClH/c1-25-14-16-26(17-15-25)12-7-13-27-19-10-5-6-11-20(19)29-22(21(24)23(27)28)18-8-3-2-4-9-18;/h2-6,8-11H,7,12-17H2,1H3;1H. The van der Waals surface area contributed by atoms with Crippen molar-refractivity contribution in [3.63, 3.8) is 0 Å². The summed E-state index contributed by atoms with van der Waals surface area (Å²) in [6.07, 6.45) is 0.930. The predicted octanol–water partition coefficient (Wildman–Crippen LogP) is 4.79. The zero-order valence-electron chi connectivity index (χ0n) is 17.1. The minimum Gasteiger partial charge on any atom is -0.306 e. The van der Waals surface area contributed by atoms with E-state index in [1.54, 1.807) is 11.8 Å². The number of carbonyl (C=O) groups is 1. The normalized spacial score (nSPS) is 18.1. The van der Waals surface area contributed by atoms with E-state index in [4.69, 9.17) is 11.6 Å². The number of hydrogen-bond donors (Lipinski definition) is 0. The van der Waals surface area contributed by atoms with Crippen LogP contribution in [0.5, 0.6) is 0 Å². The van der Waals surface area contributed by atoms with Crippen molar-refractivity contribution < 1.29 is 4.79 Å². The van der Waals surface area contributed by atoms with Gasteiger partial charge in [0.1, 0.15) is 5.03 Å². The zero-order valence-corrected chi connectivity index (χ0v) is 19.5. The van der Waals surface area contributed by atoms with E-state index in [1.807, 2.05) is 53.4 Å². The summed E-state index contributed by atoms with van der Waals surface area (Å²) in [4.78, 5) is 21.9. The van der Waals surface area contributed by atoms with E-state index in [2.05, 4.69) is 22.9 Å². The van der Waals surface area contributed by atoms with Crippen LogP contribution >= 0.6 is 35.8 Å². The third-order valence-electron chi connectivity index (χ3n) is 5.49. The smallest absolute Gasteiger partial charge is 0.270 e. The van der Waals surface area contributed by atoms with Gasteiger partial charge < -0.3 is 14.7 Å². The van der Waals surface area contributed by atoms with Gasteiger partial charge in [0.15, 0.2) is 0 Å². The molecule has 2 heterocycles. The van der Waals surface area contributed by atoms with Crippen LogP contribution in [0.2, 0.25) is 0 Å². The van der Waals surface area contributed by atoms with Crippen molar-refractivity contribution in [3.05, 3.63) is 65.2 Å². The van der Waals surface area contributed by atoms with Crippen molar-refractivity contribution in [3.8, 4) is 0 Å². The van der Waals surface area contributed by atoms with Gasteiger partial charge in [0.2, 0.25) is 0 Å². The lowest BCUT2D eigenvalue weighted by Crippen LogP contribution is -2.45. The minimum atomic E-state index is -0.110. The number of piperazine rings is 1. The van der Waals surface area contributed by atoms with E-state index < -0.39 is 0 Å². The van der Waals surface area contributed by atoms with Gasteiger partial charge in [0.05, 0.1) is 5.69 Å². The molecule has 0 aromatic heterocycles. The van der Waals surface area contributed by atoms with Crippen LogP contribution < -0.4 is 4.90 Å². The first-order chi connectivity index (χ1) is 14.1. The van der Waals surface area contributed by atoms with Crippen LogP contribution in [0.1, 0.15) is 12.0 Å². The number of anilines is 1. The monoisotopic (exact) mass is 463 g/mol. The number of para-hydroxylation sites is 1. The fraction of sp³-hybridized carbons (Fsp3) is 0.348. The fourth-order valence-corrected chi connectivity index (χ4v) is 5.17. The highest BCUT2D eigenvalue weighted by molar-refractivity contribution is 8.08. The van der Waals surface area contributed by atoms with Crippen molar-refractivity contribution in [2.75, 3.05) is 51.2 Å². The van der Waals surface area contributed by atoms with Crippen LogP contribution in [0.3, 0.4) is 0 Å². The molecule has 1 fully saturated rings.